The van der Waals surface area contributed by atoms with E-state index in [9.17, 15) is 13.2 Å². The average molecular weight is 319 g/mol. The molecule has 0 bridgehead atoms. The number of sulfonamides is 1. The third kappa shape index (κ3) is 4.77. The van der Waals surface area contributed by atoms with E-state index in [2.05, 4.69) is 5.32 Å². The van der Waals surface area contributed by atoms with Gasteiger partial charge in [0.15, 0.2) is 0 Å². The second kappa shape index (κ2) is 7.61. The number of nitrogens with one attached hydrogen (secondary N) is 1. The van der Waals surface area contributed by atoms with Crippen LogP contribution in [-0.4, -0.2) is 38.8 Å². The standard InChI is InChI=1S/C13H19ClN2O3S/c1-3-4-9-15-13(17)10-16(2)20(18,19)12-7-5-11(14)6-8-12/h5-8H,3-4,9-10H2,1-2H3,(H,15,17). The first-order chi connectivity index (χ1) is 9.37. The normalized spacial score (nSPS) is 11.6. The summed E-state index contributed by atoms with van der Waals surface area (Å²) in [6.07, 6.45) is 1.85. The Morgan fingerprint density at radius 2 is 1.90 bits per heavy atom. The molecule has 0 unspecified atom stereocenters. The van der Waals surface area contributed by atoms with Gasteiger partial charge in [-0.25, -0.2) is 8.42 Å². The fourth-order valence-corrected chi connectivity index (χ4v) is 2.79. The number of rotatable bonds is 7. The average Bonchev–Trinajstić information content (AvgIpc) is 2.39. The van der Waals surface area contributed by atoms with Crippen molar-refractivity contribution in [2.75, 3.05) is 20.1 Å². The van der Waals surface area contributed by atoms with E-state index in [0.717, 1.165) is 17.1 Å². The lowest BCUT2D eigenvalue weighted by molar-refractivity contribution is -0.121. The summed E-state index contributed by atoms with van der Waals surface area (Å²) in [6, 6.07) is 5.85. The van der Waals surface area contributed by atoms with Gasteiger partial charge in [0.1, 0.15) is 0 Å². The van der Waals surface area contributed by atoms with Crippen LogP contribution in [-0.2, 0) is 14.8 Å². The third-order valence-electron chi connectivity index (χ3n) is 2.74. The van der Waals surface area contributed by atoms with Crippen molar-refractivity contribution in [3.8, 4) is 0 Å². The van der Waals surface area contributed by atoms with E-state index in [-0.39, 0.29) is 17.3 Å². The van der Waals surface area contributed by atoms with Gasteiger partial charge < -0.3 is 5.32 Å². The summed E-state index contributed by atoms with van der Waals surface area (Å²) in [5.41, 5.74) is 0. The second-order valence-electron chi connectivity index (χ2n) is 4.42. The van der Waals surface area contributed by atoms with Crippen molar-refractivity contribution in [2.24, 2.45) is 0 Å². The Bertz CT molecular complexity index is 543. The molecular weight excluding hydrogens is 300 g/mol. The molecule has 7 heteroatoms. The fraction of sp³-hybridized carbons (Fsp3) is 0.462. The highest BCUT2D eigenvalue weighted by Crippen LogP contribution is 2.17. The van der Waals surface area contributed by atoms with Crippen molar-refractivity contribution in [1.29, 1.82) is 0 Å². The molecule has 0 aliphatic rings. The van der Waals surface area contributed by atoms with Gasteiger partial charge in [-0.15, -0.1) is 0 Å². The molecule has 0 radical (unpaired) electrons. The summed E-state index contributed by atoms with van der Waals surface area (Å²) in [7, 11) is -2.29. The predicted octanol–water partition coefficient (Wildman–Crippen LogP) is 1.88. The lowest BCUT2D eigenvalue weighted by atomic mass is 10.3. The van der Waals surface area contributed by atoms with Crippen molar-refractivity contribution in [2.45, 2.75) is 24.7 Å². The van der Waals surface area contributed by atoms with E-state index < -0.39 is 10.0 Å². The van der Waals surface area contributed by atoms with Crippen LogP contribution in [0.5, 0.6) is 0 Å². The lowest BCUT2D eigenvalue weighted by Gasteiger charge is -2.16. The van der Waals surface area contributed by atoms with E-state index in [1.807, 2.05) is 6.92 Å². The highest BCUT2D eigenvalue weighted by atomic mass is 35.5. The Hall–Kier alpha value is -1.11. The summed E-state index contributed by atoms with van der Waals surface area (Å²) in [4.78, 5) is 11.7. The number of hydrogen-bond donors (Lipinski definition) is 1. The summed E-state index contributed by atoms with van der Waals surface area (Å²) < 4.78 is 25.4. The Balaban J connectivity index is 2.68. The van der Waals surface area contributed by atoms with Crippen LogP contribution in [0.2, 0.25) is 5.02 Å². The number of nitrogens with zero attached hydrogens (tertiary/aromatic N) is 1. The van der Waals surface area contributed by atoms with Gasteiger partial charge >= 0.3 is 0 Å². The van der Waals surface area contributed by atoms with Crippen molar-refractivity contribution in [3.63, 3.8) is 0 Å². The molecule has 112 valence electrons. The maximum absolute atomic E-state index is 12.2. The molecular formula is C13H19ClN2O3S. The summed E-state index contributed by atoms with van der Waals surface area (Å²) in [6.45, 7) is 2.38. The van der Waals surface area contributed by atoms with Crippen molar-refractivity contribution >= 4 is 27.5 Å². The van der Waals surface area contributed by atoms with Gasteiger partial charge in [-0.3, -0.25) is 4.79 Å². The van der Waals surface area contributed by atoms with E-state index in [4.69, 9.17) is 11.6 Å². The van der Waals surface area contributed by atoms with Gasteiger partial charge in [0.25, 0.3) is 0 Å². The molecule has 0 fully saturated rings. The number of amides is 1. The zero-order valence-electron chi connectivity index (χ0n) is 11.6. The van der Waals surface area contributed by atoms with Crippen LogP contribution < -0.4 is 5.32 Å². The highest BCUT2D eigenvalue weighted by Gasteiger charge is 2.22. The quantitative estimate of drug-likeness (QED) is 0.781. The number of carbonyl (C=O) groups is 1. The second-order valence-corrected chi connectivity index (χ2v) is 6.90. The molecule has 1 aromatic carbocycles. The van der Waals surface area contributed by atoms with Crippen LogP contribution in [0, 0.1) is 0 Å². The molecule has 1 N–H and O–H groups in total. The van der Waals surface area contributed by atoms with E-state index >= 15 is 0 Å². The zero-order chi connectivity index (χ0) is 15.2. The maximum Gasteiger partial charge on any atom is 0.243 e. The fourth-order valence-electron chi connectivity index (χ4n) is 1.53. The van der Waals surface area contributed by atoms with Crippen LogP contribution in [0.3, 0.4) is 0 Å². The smallest absolute Gasteiger partial charge is 0.243 e. The van der Waals surface area contributed by atoms with E-state index in [1.54, 1.807) is 0 Å². The minimum Gasteiger partial charge on any atom is -0.355 e. The molecule has 0 saturated carbocycles. The van der Waals surface area contributed by atoms with Crippen molar-refractivity contribution < 1.29 is 13.2 Å². The molecule has 0 atom stereocenters. The lowest BCUT2D eigenvalue weighted by Crippen LogP contribution is -2.38. The minimum absolute atomic E-state index is 0.116. The Labute approximate surface area is 125 Å². The topological polar surface area (TPSA) is 66.5 Å². The Morgan fingerprint density at radius 3 is 2.45 bits per heavy atom. The SMILES string of the molecule is CCCCNC(=O)CN(C)S(=O)(=O)c1ccc(Cl)cc1. The molecule has 0 aliphatic carbocycles. The van der Waals surface area contributed by atoms with E-state index in [0.29, 0.717) is 11.6 Å². The number of carbonyl (C=O) groups excluding carboxylic acids is 1. The molecule has 0 heterocycles. The summed E-state index contributed by atoms with van der Waals surface area (Å²) in [5, 5.41) is 3.14. The minimum atomic E-state index is -3.67. The first kappa shape index (κ1) is 16.9. The highest BCUT2D eigenvalue weighted by molar-refractivity contribution is 7.89. The number of hydrogen-bond acceptors (Lipinski definition) is 3. The Morgan fingerprint density at radius 1 is 1.30 bits per heavy atom. The van der Waals surface area contributed by atoms with Gasteiger partial charge in [-0.2, -0.15) is 4.31 Å². The zero-order valence-corrected chi connectivity index (χ0v) is 13.2. The predicted molar refractivity (Wildman–Crippen MR) is 79.2 cm³/mol. The van der Waals surface area contributed by atoms with E-state index in [1.165, 1.54) is 31.3 Å². The number of unbranched alkanes of at least 4 members (excludes halogenated alkanes) is 1. The molecule has 0 aromatic heterocycles. The van der Waals surface area contributed by atoms with Gasteiger partial charge in [-0.05, 0) is 30.7 Å². The number of benzene rings is 1. The van der Waals surface area contributed by atoms with Crippen LogP contribution in [0.25, 0.3) is 0 Å². The van der Waals surface area contributed by atoms with Crippen LogP contribution in [0.4, 0.5) is 0 Å². The molecule has 0 aliphatic heterocycles. The number of likely N-dealkylation sites (N-methyl/N-ethyl adjacent to an activating group) is 1. The molecule has 20 heavy (non-hydrogen) atoms. The molecule has 1 rings (SSSR count). The van der Waals surface area contributed by atoms with Crippen molar-refractivity contribution in [1.82, 2.24) is 9.62 Å². The molecule has 1 amide bonds. The Kier molecular flexibility index (Phi) is 6.45. The third-order valence-corrected chi connectivity index (χ3v) is 4.81. The monoisotopic (exact) mass is 318 g/mol. The molecule has 1 aromatic rings. The van der Waals surface area contributed by atoms with Crippen LogP contribution >= 0.6 is 11.6 Å². The van der Waals surface area contributed by atoms with Gasteiger partial charge in [-0.1, -0.05) is 24.9 Å². The van der Waals surface area contributed by atoms with Crippen LogP contribution in [0.1, 0.15) is 19.8 Å². The summed E-state index contributed by atoms with van der Waals surface area (Å²) >= 11 is 5.72. The van der Waals surface area contributed by atoms with Gasteiger partial charge in [0, 0.05) is 18.6 Å². The first-order valence-corrected chi connectivity index (χ1v) is 8.18. The van der Waals surface area contributed by atoms with Gasteiger partial charge in [0.2, 0.25) is 15.9 Å². The number of halogens is 1. The maximum atomic E-state index is 12.2. The largest absolute Gasteiger partial charge is 0.355 e. The molecule has 0 saturated heterocycles. The molecule has 0 spiro atoms. The summed E-state index contributed by atoms with van der Waals surface area (Å²) in [5.74, 6) is -0.307. The van der Waals surface area contributed by atoms with Gasteiger partial charge in [0.05, 0.1) is 11.4 Å². The van der Waals surface area contributed by atoms with Crippen molar-refractivity contribution in [3.05, 3.63) is 29.3 Å². The first-order valence-electron chi connectivity index (χ1n) is 6.36. The molecule has 5 nitrogen and oxygen atoms in total. The van der Waals surface area contributed by atoms with Crippen LogP contribution in [0.15, 0.2) is 29.2 Å².